The molecule has 1 heterocycles. The van der Waals surface area contributed by atoms with Crippen LogP contribution in [-0.4, -0.2) is 131 Å². The summed E-state index contributed by atoms with van der Waals surface area (Å²) in [6, 6.07) is -7.15. The van der Waals surface area contributed by atoms with E-state index in [9.17, 15) is 48.6 Å². The van der Waals surface area contributed by atoms with Gasteiger partial charge in [-0.25, -0.2) is 4.79 Å². The summed E-state index contributed by atoms with van der Waals surface area (Å²) in [5.74, 6) is -8.33. The van der Waals surface area contributed by atoms with Crippen molar-refractivity contribution in [2.75, 3.05) is 31.1 Å². The Bertz CT molecular complexity index is 1280. The molecule has 0 spiro atoms. The first-order chi connectivity index (χ1) is 24.0. The Balaban J connectivity index is 2.94. The Hall–Kier alpha value is -4.31. The average Bonchev–Trinajstić information content (AvgIpc) is 3.60. The molecule has 20 nitrogen and oxygen atoms in total. The zero-order valence-corrected chi connectivity index (χ0v) is 30.3. The quantitative estimate of drug-likeness (QED) is 0.0204. The number of carboxylic acid groups (broad SMARTS) is 2. The summed E-state index contributed by atoms with van der Waals surface area (Å²) in [7, 11) is 0. The number of nitrogens with two attached hydrogens (primary N) is 2. The van der Waals surface area contributed by atoms with Crippen LogP contribution in [0.4, 0.5) is 0 Å². The van der Waals surface area contributed by atoms with Gasteiger partial charge in [0.25, 0.3) is 0 Å². The number of nitrogens with one attached hydrogen (secondary N) is 7. The van der Waals surface area contributed by atoms with Gasteiger partial charge in [-0.1, -0.05) is 13.8 Å². The van der Waals surface area contributed by atoms with Crippen molar-refractivity contribution >= 4 is 78.6 Å². The summed E-state index contributed by atoms with van der Waals surface area (Å²) in [6.07, 6.45) is 0.806. The standard InChI is InChI=1S/C29H50N10O10S2/c1-14(2)9-18(28(48)49)37-27(47)20(13-51)39-25(45)17(10-22(41)42)35-21(40)11-34-23(43)16(6-4-8-33-29(30)31)36-26(46)19(12-50)38-24(44)15-5-3-7-32-15/h14-20,32,50-51H,3-13H2,1-2H3,(H,34,43)(H,35,40)(H,36,46)(H,37,47)(H,38,44)(H,39,45)(H,41,42)(H,48,49)(H4,30,31,33)/t15-,16-,17-,18-,19-,20-/m0/s1. The van der Waals surface area contributed by atoms with E-state index < -0.39 is 96.6 Å². The summed E-state index contributed by atoms with van der Waals surface area (Å²) >= 11 is 8.17. The molecule has 22 heteroatoms. The lowest BCUT2D eigenvalue weighted by molar-refractivity contribution is -0.143. The highest BCUT2D eigenvalue weighted by Gasteiger charge is 2.32. The Labute approximate surface area is 306 Å². The van der Waals surface area contributed by atoms with Crippen molar-refractivity contribution in [2.45, 2.75) is 88.6 Å². The Kier molecular flexibility index (Phi) is 20.4. The molecule has 1 aliphatic heterocycles. The number of thiol groups is 2. The van der Waals surface area contributed by atoms with Crippen molar-refractivity contribution in [1.29, 1.82) is 0 Å². The molecule has 0 saturated carbocycles. The lowest BCUT2D eigenvalue weighted by Gasteiger charge is -2.24. The molecular formula is C29H50N10O10S2. The minimum atomic E-state index is -1.71. The second-order valence-corrected chi connectivity index (χ2v) is 12.8. The molecule has 13 N–H and O–H groups in total. The fourth-order valence-corrected chi connectivity index (χ4v) is 5.29. The maximum absolute atomic E-state index is 13.1. The molecular weight excluding hydrogens is 713 g/mol. The minimum Gasteiger partial charge on any atom is -0.481 e. The van der Waals surface area contributed by atoms with Crippen LogP contribution in [0.5, 0.6) is 0 Å². The van der Waals surface area contributed by atoms with Gasteiger partial charge in [0.05, 0.1) is 19.0 Å². The van der Waals surface area contributed by atoms with Crippen LogP contribution >= 0.6 is 25.3 Å². The first-order valence-corrected chi connectivity index (χ1v) is 17.5. The number of carbonyl (C=O) groups is 8. The van der Waals surface area contributed by atoms with E-state index in [1.54, 1.807) is 13.8 Å². The summed E-state index contributed by atoms with van der Waals surface area (Å²) in [6.45, 7) is 3.51. The topological polar surface area (TPSA) is 326 Å². The second-order valence-electron chi connectivity index (χ2n) is 12.1. The van der Waals surface area contributed by atoms with E-state index in [1.165, 1.54) is 0 Å². The van der Waals surface area contributed by atoms with E-state index in [-0.39, 0.29) is 49.2 Å². The number of carboxylic acids is 2. The van der Waals surface area contributed by atoms with Gasteiger partial charge in [0.15, 0.2) is 5.96 Å². The van der Waals surface area contributed by atoms with E-state index in [4.69, 9.17) is 11.5 Å². The second kappa shape index (κ2) is 23.2. The normalized spacial score (nSPS) is 16.7. The largest absolute Gasteiger partial charge is 0.481 e. The molecule has 288 valence electrons. The van der Waals surface area contributed by atoms with Gasteiger partial charge in [-0.15, -0.1) is 0 Å². The highest BCUT2D eigenvalue weighted by Crippen LogP contribution is 2.08. The first kappa shape index (κ1) is 44.7. The van der Waals surface area contributed by atoms with Crippen LogP contribution in [0, 0.1) is 5.92 Å². The maximum atomic E-state index is 13.1. The van der Waals surface area contributed by atoms with Crippen molar-refractivity contribution in [3.63, 3.8) is 0 Å². The van der Waals surface area contributed by atoms with Gasteiger partial charge in [0, 0.05) is 18.1 Å². The van der Waals surface area contributed by atoms with Crippen molar-refractivity contribution < 1.29 is 48.6 Å². The SMILES string of the molecule is CC(C)C[C@H](NC(=O)[C@H](CS)NC(=O)[C@H](CC(=O)O)NC(=O)CNC(=O)[C@H](CCCN=C(N)N)NC(=O)[C@H](CS)NC(=O)[C@@H]1CCCN1)C(=O)O. The third kappa shape index (κ3) is 17.5. The van der Waals surface area contributed by atoms with E-state index in [0.717, 1.165) is 6.42 Å². The van der Waals surface area contributed by atoms with Crippen LogP contribution in [0.15, 0.2) is 4.99 Å². The number of carbonyl (C=O) groups excluding carboxylic acids is 6. The molecule has 0 aromatic heterocycles. The van der Waals surface area contributed by atoms with Crippen LogP contribution in [-0.2, 0) is 38.4 Å². The van der Waals surface area contributed by atoms with E-state index in [2.05, 4.69) is 67.5 Å². The summed E-state index contributed by atoms with van der Waals surface area (Å²) in [5.41, 5.74) is 10.7. The highest BCUT2D eigenvalue weighted by molar-refractivity contribution is 7.80. The molecule has 1 fully saturated rings. The summed E-state index contributed by atoms with van der Waals surface area (Å²) in [4.78, 5) is 104. The van der Waals surface area contributed by atoms with E-state index in [0.29, 0.717) is 13.0 Å². The van der Waals surface area contributed by atoms with Crippen LogP contribution in [0.25, 0.3) is 0 Å². The number of hydrogen-bond acceptors (Lipinski definition) is 12. The molecule has 0 bridgehead atoms. The summed E-state index contributed by atoms with van der Waals surface area (Å²) in [5, 5.41) is 36.0. The molecule has 1 saturated heterocycles. The van der Waals surface area contributed by atoms with Gasteiger partial charge < -0.3 is 58.9 Å². The molecule has 6 amide bonds. The molecule has 6 atom stereocenters. The number of rotatable bonds is 23. The molecule has 0 radical (unpaired) electrons. The molecule has 0 aromatic carbocycles. The van der Waals surface area contributed by atoms with Gasteiger partial charge in [-0.05, 0) is 44.6 Å². The zero-order valence-electron chi connectivity index (χ0n) is 28.5. The number of hydrogen-bond donors (Lipinski definition) is 13. The van der Waals surface area contributed by atoms with E-state index in [1.807, 2.05) is 0 Å². The molecule has 1 aliphatic rings. The Morgan fingerprint density at radius 1 is 0.804 bits per heavy atom. The lowest BCUT2D eigenvalue weighted by atomic mass is 10.0. The number of nitrogens with zero attached hydrogens (tertiary/aromatic N) is 1. The predicted octanol–water partition coefficient (Wildman–Crippen LogP) is -4.20. The van der Waals surface area contributed by atoms with Gasteiger partial charge in [-0.3, -0.25) is 38.6 Å². The zero-order chi connectivity index (χ0) is 38.7. The van der Waals surface area contributed by atoms with Crippen molar-refractivity contribution in [2.24, 2.45) is 22.4 Å². The number of guanidine groups is 1. The van der Waals surface area contributed by atoms with Crippen LogP contribution in [0.2, 0.25) is 0 Å². The highest BCUT2D eigenvalue weighted by atomic mass is 32.1. The lowest BCUT2D eigenvalue weighted by Crippen LogP contribution is -2.58. The number of aliphatic carboxylic acids is 2. The Morgan fingerprint density at radius 3 is 1.88 bits per heavy atom. The van der Waals surface area contributed by atoms with Gasteiger partial charge in [0.2, 0.25) is 35.4 Å². The third-order valence-electron chi connectivity index (χ3n) is 7.36. The average molecular weight is 763 g/mol. The van der Waals surface area contributed by atoms with Gasteiger partial charge in [0.1, 0.15) is 30.2 Å². The van der Waals surface area contributed by atoms with Crippen LogP contribution < -0.4 is 48.7 Å². The fourth-order valence-electron chi connectivity index (χ4n) is 4.77. The molecule has 0 unspecified atom stereocenters. The molecule has 0 aromatic rings. The van der Waals surface area contributed by atoms with E-state index >= 15 is 0 Å². The predicted molar refractivity (Wildman–Crippen MR) is 191 cm³/mol. The maximum Gasteiger partial charge on any atom is 0.326 e. The van der Waals surface area contributed by atoms with Crippen LogP contribution in [0.1, 0.15) is 52.4 Å². The van der Waals surface area contributed by atoms with Crippen molar-refractivity contribution in [3.8, 4) is 0 Å². The van der Waals surface area contributed by atoms with Crippen LogP contribution in [0.3, 0.4) is 0 Å². The molecule has 51 heavy (non-hydrogen) atoms. The molecule has 1 rings (SSSR count). The summed E-state index contributed by atoms with van der Waals surface area (Å²) < 4.78 is 0. The van der Waals surface area contributed by atoms with Gasteiger partial charge >= 0.3 is 11.9 Å². The molecule has 0 aliphatic carbocycles. The van der Waals surface area contributed by atoms with Crippen molar-refractivity contribution in [3.05, 3.63) is 0 Å². The third-order valence-corrected chi connectivity index (χ3v) is 8.09. The minimum absolute atomic E-state index is 0.00448. The first-order valence-electron chi connectivity index (χ1n) is 16.2. The number of aliphatic imine (C=N–C) groups is 1. The number of amides is 6. The van der Waals surface area contributed by atoms with Crippen molar-refractivity contribution in [1.82, 2.24) is 37.2 Å². The smallest absolute Gasteiger partial charge is 0.326 e. The monoisotopic (exact) mass is 762 g/mol. The Morgan fingerprint density at radius 2 is 1.37 bits per heavy atom. The van der Waals surface area contributed by atoms with Gasteiger partial charge in [-0.2, -0.15) is 25.3 Å². The fraction of sp³-hybridized carbons (Fsp3) is 0.690.